The van der Waals surface area contributed by atoms with Crippen molar-refractivity contribution in [1.82, 2.24) is 9.80 Å². The van der Waals surface area contributed by atoms with Gasteiger partial charge in [0.1, 0.15) is 5.75 Å². The van der Waals surface area contributed by atoms with Gasteiger partial charge in [-0.25, -0.2) is 0 Å². The Hall–Kier alpha value is -3.39. The number of ether oxygens (including phenoxy) is 1. The zero-order chi connectivity index (χ0) is 22.8. The van der Waals surface area contributed by atoms with Crippen molar-refractivity contribution in [3.63, 3.8) is 0 Å². The van der Waals surface area contributed by atoms with Gasteiger partial charge in [0.25, 0.3) is 0 Å². The Labute approximate surface area is 183 Å². The lowest BCUT2D eigenvalue weighted by atomic mass is 10.2. The van der Waals surface area contributed by atoms with E-state index in [1.807, 2.05) is 31.2 Å². The van der Waals surface area contributed by atoms with Crippen LogP contribution in [-0.2, 0) is 20.9 Å². The molecule has 3 amide bonds. The number of nitrogens with one attached hydrogen (secondary N) is 2. The van der Waals surface area contributed by atoms with E-state index in [-0.39, 0.29) is 30.8 Å². The molecule has 8 nitrogen and oxygen atoms in total. The number of anilines is 2. The molecular formula is C23H30N4O4. The number of likely N-dealkylation sites (N-methyl/N-ethyl adjacent to an activating group) is 2. The number of methoxy groups -OCH3 is 1. The van der Waals surface area contributed by atoms with E-state index in [0.29, 0.717) is 24.5 Å². The highest BCUT2D eigenvalue weighted by Crippen LogP contribution is 2.19. The van der Waals surface area contributed by atoms with Crippen LogP contribution in [0.4, 0.5) is 11.4 Å². The van der Waals surface area contributed by atoms with Crippen molar-refractivity contribution in [3.05, 3.63) is 54.1 Å². The fraction of sp³-hybridized carbons (Fsp3) is 0.348. The summed E-state index contributed by atoms with van der Waals surface area (Å²) >= 11 is 0. The molecule has 0 fully saturated rings. The first-order valence-corrected chi connectivity index (χ1v) is 10.1. The molecule has 0 radical (unpaired) electrons. The normalized spacial score (nSPS) is 10.5. The van der Waals surface area contributed by atoms with Crippen LogP contribution in [0.3, 0.4) is 0 Å². The molecule has 2 aromatic carbocycles. The fourth-order valence-corrected chi connectivity index (χ4v) is 3.01. The quantitative estimate of drug-likeness (QED) is 0.609. The van der Waals surface area contributed by atoms with Crippen LogP contribution >= 0.6 is 0 Å². The molecule has 0 spiro atoms. The molecule has 0 saturated carbocycles. The van der Waals surface area contributed by atoms with Crippen molar-refractivity contribution in [3.8, 4) is 5.75 Å². The van der Waals surface area contributed by atoms with Gasteiger partial charge in [-0.15, -0.1) is 0 Å². The first kappa shape index (κ1) is 23.9. The highest BCUT2D eigenvalue weighted by atomic mass is 16.5. The van der Waals surface area contributed by atoms with Crippen molar-refractivity contribution >= 4 is 29.1 Å². The van der Waals surface area contributed by atoms with Gasteiger partial charge < -0.3 is 20.3 Å². The minimum atomic E-state index is -0.214. The van der Waals surface area contributed by atoms with Crippen LogP contribution in [0.15, 0.2) is 48.5 Å². The zero-order valence-electron chi connectivity index (χ0n) is 18.5. The maximum atomic E-state index is 12.7. The summed E-state index contributed by atoms with van der Waals surface area (Å²) in [6.45, 7) is 4.55. The number of para-hydroxylation sites is 1. The molecule has 0 saturated heterocycles. The Morgan fingerprint density at radius 1 is 0.935 bits per heavy atom. The number of benzene rings is 2. The third-order valence-corrected chi connectivity index (χ3v) is 4.69. The summed E-state index contributed by atoms with van der Waals surface area (Å²) in [7, 11) is 3.34. The van der Waals surface area contributed by atoms with Crippen LogP contribution in [0, 0.1) is 0 Å². The molecule has 0 aliphatic carbocycles. The van der Waals surface area contributed by atoms with Crippen LogP contribution < -0.4 is 15.4 Å². The maximum Gasteiger partial charge on any atom is 0.238 e. The molecular weight excluding hydrogens is 396 g/mol. The molecule has 31 heavy (non-hydrogen) atoms. The van der Waals surface area contributed by atoms with Gasteiger partial charge in [0.2, 0.25) is 17.7 Å². The fourth-order valence-electron chi connectivity index (χ4n) is 3.01. The van der Waals surface area contributed by atoms with Crippen LogP contribution in [0.2, 0.25) is 0 Å². The monoisotopic (exact) mass is 426 g/mol. The second-order valence-corrected chi connectivity index (χ2v) is 7.17. The lowest BCUT2D eigenvalue weighted by molar-refractivity contribution is -0.132. The standard InChI is InChI=1S/C23H30N4O4/c1-5-27(15-22(29)25-20-12-10-19(11-13-20)24-17(2)28)16-23(30)26(3)14-18-8-6-7-9-21(18)31-4/h6-13H,5,14-16H2,1-4H3,(H,24,28)(H,25,29). The van der Waals surface area contributed by atoms with Crippen LogP contribution in [0.1, 0.15) is 19.4 Å². The van der Waals surface area contributed by atoms with Crippen molar-refractivity contribution < 1.29 is 19.1 Å². The Balaban J connectivity index is 1.88. The van der Waals surface area contributed by atoms with Gasteiger partial charge in [0, 0.05) is 37.5 Å². The number of carbonyl (C=O) groups is 3. The van der Waals surface area contributed by atoms with Gasteiger partial charge in [-0.3, -0.25) is 19.3 Å². The van der Waals surface area contributed by atoms with E-state index < -0.39 is 0 Å². The molecule has 0 aliphatic heterocycles. The molecule has 166 valence electrons. The van der Waals surface area contributed by atoms with E-state index in [1.165, 1.54) is 6.92 Å². The first-order chi connectivity index (χ1) is 14.8. The molecule has 0 atom stereocenters. The minimum absolute atomic E-state index is 0.0831. The van der Waals surface area contributed by atoms with Crippen molar-refractivity contribution in [2.24, 2.45) is 0 Å². The SMILES string of the molecule is CCN(CC(=O)Nc1ccc(NC(C)=O)cc1)CC(=O)N(C)Cc1ccccc1OC. The highest BCUT2D eigenvalue weighted by Gasteiger charge is 2.17. The van der Waals surface area contributed by atoms with E-state index >= 15 is 0 Å². The summed E-state index contributed by atoms with van der Waals surface area (Å²) in [5.74, 6) is 0.281. The van der Waals surface area contributed by atoms with Crippen LogP contribution in [0.25, 0.3) is 0 Å². The lowest BCUT2D eigenvalue weighted by Gasteiger charge is -2.24. The summed E-state index contributed by atoms with van der Waals surface area (Å²) in [5, 5.41) is 5.48. The minimum Gasteiger partial charge on any atom is -0.496 e. The third kappa shape index (κ3) is 7.75. The molecule has 0 aliphatic rings. The van der Waals surface area contributed by atoms with Crippen LogP contribution in [-0.4, -0.2) is 61.3 Å². The molecule has 8 heteroatoms. The number of hydrogen-bond acceptors (Lipinski definition) is 5. The number of amides is 3. The Kier molecular flexibility index (Phi) is 9.02. The second-order valence-electron chi connectivity index (χ2n) is 7.17. The molecule has 0 bridgehead atoms. The summed E-state index contributed by atoms with van der Waals surface area (Å²) in [6, 6.07) is 14.4. The largest absolute Gasteiger partial charge is 0.496 e. The zero-order valence-corrected chi connectivity index (χ0v) is 18.5. The van der Waals surface area contributed by atoms with E-state index in [9.17, 15) is 14.4 Å². The average molecular weight is 427 g/mol. The van der Waals surface area contributed by atoms with E-state index in [4.69, 9.17) is 4.74 Å². The van der Waals surface area contributed by atoms with Gasteiger partial charge in [-0.1, -0.05) is 25.1 Å². The predicted molar refractivity (Wildman–Crippen MR) is 121 cm³/mol. The summed E-state index contributed by atoms with van der Waals surface area (Å²) in [6.07, 6.45) is 0. The first-order valence-electron chi connectivity index (χ1n) is 10.1. The molecule has 0 aromatic heterocycles. The van der Waals surface area contributed by atoms with Gasteiger partial charge >= 0.3 is 0 Å². The van der Waals surface area contributed by atoms with E-state index in [0.717, 1.165) is 11.3 Å². The van der Waals surface area contributed by atoms with Gasteiger partial charge in [-0.05, 0) is 36.9 Å². The van der Waals surface area contributed by atoms with Crippen molar-refractivity contribution in [2.75, 3.05) is 44.4 Å². The molecule has 0 heterocycles. The van der Waals surface area contributed by atoms with Crippen LogP contribution in [0.5, 0.6) is 5.75 Å². The maximum absolute atomic E-state index is 12.7. The number of nitrogens with zero attached hydrogens (tertiary/aromatic N) is 2. The average Bonchev–Trinajstić information content (AvgIpc) is 2.74. The number of carbonyl (C=O) groups excluding carboxylic acids is 3. The van der Waals surface area contributed by atoms with Crippen molar-refractivity contribution in [2.45, 2.75) is 20.4 Å². The Bertz CT molecular complexity index is 899. The van der Waals surface area contributed by atoms with Gasteiger partial charge in [0.05, 0.1) is 20.2 Å². The Morgan fingerprint density at radius 3 is 2.13 bits per heavy atom. The molecule has 2 N–H and O–H groups in total. The Morgan fingerprint density at radius 2 is 1.55 bits per heavy atom. The molecule has 0 unspecified atom stereocenters. The summed E-state index contributed by atoms with van der Waals surface area (Å²) in [4.78, 5) is 39.5. The number of hydrogen-bond donors (Lipinski definition) is 2. The second kappa shape index (κ2) is 11.7. The van der Waals surface area contributed by atoms with E-state index in [1.54, 1.807) is 48.2 Å². The van der Waals surface area contributed by atoms with E-state index in [2.05, 4.69) is 10.6 Å². The van der Waals surface area contributed by atoms with Crippen molar-refractivity contribution in [1.29, 1.82) is 0 Å². The number of rotatable bonds is 10. The summed E-state index contributed by atoms with van der Waals surface area (Å²) in [5.41, 5.74) is 2.20. The highest BCUT2D eigenvalue weighted by molar-refractivity contribution is 5.93. The smallest absolute Gasteiger partial charge is 0.238 e. The third-order valence-electron chi connectivity index (χ3n) is 4.69. The topological polar surface area (TPSA) is 91.0 Å². The predicted octanol–water partition coefficient (Wildman–Crippen LogP) is 2.57. The lowest BCUT2D eigenvalue weighted by Crippen LogP contribution is -2.41. The molecule has 2 aromatic rings. The molecule has 2 rings (SSSR count). The van der Waals surface area contributed by atoms with Gasteiger partial charge in [-0.2, -0.15) is 0 Å². The summed E-state index contributed by atoms with van der Waals surface area (Å²) < 4.78 is 5.34. The van der Waals surface area contributed by atoms with Gasteiger partial charge in [0.15, 0.2) is 0 Å².